The van der Waals surface area contributed by atoms with Gasteiger partial charge in [0.2, 0.25) is 0 Å². The Balaban J connectivity index is 1.78. The Morgan fingerprint density at radius 1 is 1.07 bits per heavy atom. The Morgan fingerprint density at radius 3 is 2.52 bits per heavy atom. The highest BCUT2D eigenvalue weighted by Gasteiger charge is 2.17. The third-order valence-electron chi connectivity index (χ3n) is 4.53. The lowest BCUT2D eigenvalue weighted by atomic mass is 10.1. The maximum atomic E-state index is 12.1. The van der Waals surface area contributed by atoms with Crippen molar-refractivity contribution in [3.05, 3.63) is 77.5 Å². The predicted octanol–water partition coefficient (Wildman–Crippen LogP) is 3.55. The zero-order valence-electron chi connectivity index (χ0n) is 16.8. The SMILES string of the molecule is Cc1ccnc(-c2ccc(OCc3ccccc3N(N)C(=O)N(C)N)c(C)c2)c1. The molecule has 0 unspecified atom stereocenters. The first-order valence-electron chi connectivity index (χ1n) is 9.18. The number of carbonyl (C=O) groups is 1. The van der Waals surface area contributed by atoms with Gasteiger partial charge in [-0.3, -0.25) is 9.99 Å². The van der Waals surface area contributed by atoms with E-state index in [2.05, 4.69) is 4.98 Å². The number of hydrogen-bond acceptors (Lipinski definition) is 5. The summed E-state index contributed by atoms with van der Waals surface area (Å²) in [5, 5.41) is 1.94. The summed E-state index contributed by atoms with van der Waals surface area (Å²) in [5.74, 6) is 12.2. The first-order valence-corrected chi connectivity index (χ1v) is 9.18. The molecule has 0 atom stereocenters. The van der Waals surface area contributed by atoms with Gasteiger partial charge in [-0.2, -0.15) is 0 Å². The van der Waals surface area contributed by atoms with E-state index in [1.54, 1.807) is 18.3 Å². The van der Waals surface area contributed by atoms with Crippen LogP contribution < -0.4 is 21.4 Å². The summed E-state index contributed by atoms with van der Waals surface area (Å²) in [7, 11) is 1.44. The minimum Gasteiger partial charge on any atom is -0.489 e. The number of urea groups is 1. The Bertz CT molecular complexity index is 1020. The number of para-hydroxylation sites is 1. The number of carbonyl (C=O) groups excluding carboxylic acids is 1. The molecule has 0 radical (unpaired) electrons. The molecule has 7 nitrogen and oxygen atoms in total. The van der Waals surface area contributed by atoms with Crippen molar-refractivity contribution in [1.82, 2.24) is 9.99 Å². The Kier molecular flexibility index (Phi) is 6.11. The van der Waals surface area contributed by atoms with Gasteiger partial charge in [0.25, 0.3) is 0 Å². The van der Waals surface area contributed by atoms with Crippen LogP contribution in [0.25, 0.3) is 11.3 Å². The number of nitrogens with zero attached hydrogens (tertiary/aromatic N) is 3. The van der Waals surface area contributed by atoms with Crippen molar-refractivity contribution in [1.29, 1.82) is 0 Å². The summed E-state index contributed by atoms with van der Waals surface area (Å²) in [4.78, 5) is 16.5. The zero-order chi connectivity index (χ0) is 21.0. The Labute approximate surface area is 170 Å². The van der Waals surface area contributed by atoms with Crippen molar-refractivity contribution in [2.45, 2.75) is 20.5 Å². The second kappa shape index (κ2) is 8.72. The molecule has 0 aliphatic rings. The van der Waals surface area contributed by atoms with Crippen LogP contribution in [-0.4, -0.2) is 23.1 Å². The van der Waals surface area contributed by atoms with Gasteiger partial charge in [0.15, 0.2) is 0 Å². The van der Waals surface area contributed by atoms with Gasteiger partial charge in [-0.1, -0.05) is 18.2 Å². The van der Waals surface area contributed by atoms with Gasteiger partial charge in [-0.05, 0) is 61.4 Å². The zero-order valence-corrected chi connectivity index (χ0v) is 16.8. The summed E-state index contributed by atoms with van der Waals surface area (Å²) in [5.41, 5.74) is 5.41. The fourth-order valence-electron chi connectivity index (χ4n) is 2.96. The van der Waals surface area contributed by atoms with Crippen LogP contribution >= 0.6 is 0 Å². The summed E-state index contributed by atoms with van der Waals surface area (Å²) in [6.45, 7) is 4.29. The van der Waals surface area contributed by atoms with Gasteiger partial charge in [-0.15, -0.1) is 0 Å². The number of ether oxygens (including phenoxy) is 1. The number of nitrogens with two attached hydrogens (primary N) is 2. The lowest BCUT2D eigenvalue weighted by molar-refractivity contribution is 0.216. The topological polar surface area (TPSA) is 97.7 Å². The molecule has 3 rings (SSSR count). The van der Waals surface area contributed by atoms with Gasteiger partial charge < -0.3 is 4.74 Å². The first kappa shape index (κ1) is 20.3. The van der Waals surface area contributed by atoms with E-state index in [4.69, 9.17) is 16.4 Å². The number of anilines is 1. The average molecular weight is 391 g/mol. The van der Waals surface area contributed by atoms with Crippen molar-refractivity contribution in [3.8, 4) is 17.0 Å². The van der Waals surface area contributed by atoms with E-state index >= 15 is 0 Å². The number of aromatic nitrogens is 1. The number of pyridine rings is 1. The third kappa shape index (κ3) is 4.71. The van der Waals surface area contributed by atoms with Crippen molar-refractivity contribution in [3.63, 3.8) is 0 Å². The van der Waals surface area contributed by atoms with Crippen LogP contribution in [0.4, 0.5) is 10.5 Å². The molecule has 0 aliphatic carbocycles. The van der Waals surface area contributed by atoms with Crippen LogP contribution in [0.1, 0.15) is 16.7 Å². The molecule has 7 heteroatoms. The summed E-state index contributed by atoms with van der Waals surface area (Å²) < 4.78 is 6.01. The number of amides is 2. The van der Waals surface area contributed by atoms with Crippen LogP contribution in [0, 0.1) is 13.8 Å². The number of hydrazine groups is 2. The molecule has 1 heterocycles. The van der Waals surface area contributed by atoms with Crippen LogP contribution in [-0.2, 0) is 6.61 Å². The van der Waals surface area contributed by atoms with Crippen molar-refractivity contribution in [2.75, 3.05) is 12.1 Å². The van der Waals surface area contributed by atoms with Gasteiger partial charge in [0, 0.05) is 24.4 Å². The number of hydrogen-bond donors (Lipinski definition) is 2. The monoisotopic (exact) mass is 391 g/mol. The second-order valence-corrected chi connectivity index (χ2v) is 6.88. The van der Waals surface area contributed by atoms with E-state index in [1.807, 2.05) is 56.3 Å². The third-order valence-corrected chi connectivity index (χ3v) is 4.53. The average Bonchev–Trinajstić information content (AvgIpc) is 2.72. The van der Waals surface area contributed by atoms with E-state index < -0.39 is 6.03 Å². The Hall–Kier alpha value is -3.42. The molecule has 0 saturated heterocycles. The molecule has 2 amide bonds. The van der Waals surface area contributed by atoms with Crippen molar-refractivity contribution < 1.29 is 9.53 Å². The molecule has 0 bridgehead atoms. The van der Waals surface area contributed by atoms with Gasteiger partial charge >= 0.3 is 6.03 Å². The van der Waals surface area contributed by atoms with Gasteiger partial charge in [-0.25, -0.2) is 21.5 Å². The molecule has 0 saturated carbocycles. The van der Waals surface area contributed by atoms with E-state index in [0.29, 0.717) is 5.69 Å². The fourth-order valence-corrected chi connectivity index (χ4v) is 2.96. The molecule has 0 fully saturated rings. The van der Waals surface area contributed by atoms with Crippen LogP contribution in [0.2, 0.25) is 0 Å². The maximum Gasteiger partial charge on any atom is 0.352 e. The fraction of sp³-hybridized carbons (Fsp3) is 0.182. The molecule has 0 aliphatic heterocycles. The molecule has 0 spiro atoms. The summed E-state index contributed by atoms with van der Waals surface area (Å²) in [6, 6.07) is 16.7. The van der Waals surface area contributed by atoms with Crippen LogP contribution in [0.15, 0.2) is 60.8 Å². The molecular weight excluding hydrogens is 366 g/mol. The molecular formula is C22H25N5O2. The highest BCUT2D eigenvalue weighted by Crippen LogP contribution is 2.27. The normalized spacial score (nSPS) is 10.5. The molecule has 4 N–H and O–H groups in total. The lowest BCUT2D eigenvalue weighted by Gasteiger charge is -2.23. The molecule has 29 heavy (non-hydrogen) atoms. The molecule has 1 aromatic heterocycles. The van der Waals surface area contributed by atoms with Crippen LogP contribution in [0.5, 0.6) is 5.75 Å². The summed E-state index contributed by atoms with van der Waals surface area (Å²) in [6.07, 6.45) is 1.81. The van der Waals surface area contributed by atoms with E-state index in [1.165, 1.54) is 7.05 Å². The molecule has 150 valence electrons. The number of benzene rings is 2. The van der Waals surface area contributed by atoms with Gasteiger partial charge in [0.05, 0.1) is 11.4 Å². The number of aryl methyl sites for hydroxylation is 2. The van der Waals surface area contributed by atoms with Crippen molar-refractivity contribution in [2.24, 2.45) is 11.7 Å². The van der Waals surface area contributed by atoms with E-state index in [0.717, 1.165) is 43.7 Å². The maximum absolute atomic E-state index is 12.1. The minimum atomic E-state index is -0.524. The van der Waals surface area contributed by atoms with Gasteiger partial charge in [0.1, 0.15) is 12.4 Å². The minimum absolute atomic E-state index is 0.258. The Morgan fingerprint density at radius 2 is 1.83 bits per heavy atom. The van der Waals surface area contributed by atoms with E-state index in [9.17, 15) is 4.79 Å². The number of rotatable bonds is 5. The first-order chi connectivity index (χ1) is 13.9. The highest BCUT2D eigenvalue weighted by molar-refractivity contribution is 5.91. The standard InChI is InChI=1S/C22H25N5O2/c1-15-10-11-25-19(12-15)17-8-9-21(16(2)13-17)29-14-18-6-4-5-7-20(18)27(24)22(28)26(3)23/h4-13H,14,23-24H2,1-3H3. The smallest absolute Gasteiger partial charge is 0.352 e. The molecule has 2 aromatic carbocycles. The van der Waals surface area contributed by atoms with E-state index in [-0.39, 0.29) is 6.61 Å². The van der Waals surface area contributed by atoms with Crippen molar-refractivity contribution >= 4 is 11.7 Å². The summed E-state index contributed by atoms with van der Waals surface area (Å²) >= 11 is 0. The predicted molar refractivity (Wildman–Crippen MR) is 114 cm³/mol. The largest absolute Gasteiger partial charge is 0.489 e. The second-order valence-electron chi connectivity index (χ2n) is 6.88. The van der Waals surface area contributed by atoms with Crippen LogP contribution in [0.3, 0.4) is 0 Å². The highest BCUT2D eigenvalue weighted by atomic mass is 16.5. The quantitative estimate of drug-likeness (QED) is 0.394. The lowest BCUT2D eigenvalue weighted by Crippen LogP contribution is -2.49. The molecule has 3 aromatic rings.